The molecule has 1 saturated heterocycles. The van der Waals surface area contributed by atoms with Crippen molar-refractivity contribution in [1.82, 2.24) is 10.6 Å². The van der Waals surface area contributed by atoms with Crippen LogP contribution in [-0.4, -0.2) is 49.5 Å². The zero-order valence-electron chi connectivity index (χ0n) is 14.4. The van der Waals surface area contributed by atoms with Gasteiger partial charge in [-0.2, -0.15) is 0 Å². The highest BCUT2D eigenvalue weighted by Crippen LogP contribution is 2.24. The molecule has 5 nitrogen and oxygen atoms in total. The molecule has 0 aromatic carbocycles. The Hall–Kier alpha value is -0.0800. The van der Waals surface area contributed by atoms with Crippen molar-refractivity contribution in [3.05, 3.63) is 0 Å². The summed E-state index contributed by atoms with van der Waals surface area (Å²) >= 11 is 0. The first-order valence-electron chi connectivity index (χ1n) is 8.40. The van der Waals surface area contributed by atoms with Gasteiger partial charge in [0.25, 0.3) is 0 Å². The molecule has 2 unspecified atom stereocenters. The third-order valence-corrected chi connectivity index (χ3v) is 4.01. The van der Waals surface area contributed by atoms with Gasteiger partial charge in [0.15, 0.2) is 5.96 Å². The molecule has 0 aliphatic carbocycles. The molecule has 0 bridgehead atoms. The molecule has 0 amide bonds. The highest BCUT2D eigenvalue weighted by Gasteiger charge is 2.29. The highest BCUT2D eigenvalue weighted by atomic mass is 127. The lowest BCUT2D eigenvalue weighted by Gasteiger charge is -2.22. The third-order valence-electron chi connectivity index (χ3n) is 4.01. The highest BCUT2D eigenvalue weighted by molar-refractivity contribution is 14.0. The molecule has 132 valence electrons. The normalized spacial score (nSPS) is 23.0. The first-order valence-corrected chi connectivity index (χ1v) is 8.40. The molecule has 22 heavy (non-hydrogen) atoms. The lowest BCUT2D eigenvalue weighted by atomic mass is 10.0. The monoisotopic (exact) mass is 427 g/mol. The fraction of sp³-hybridized carbons (Fsp3) is 0.938. The van der Waals surface area contributed by atoms with E-state index in [1.54, 1.807) is 0 Å². The second-order valence-electron chi connectivity index (χ2n) is 6.14. The fourth-order valence-corrected chi connectivity index (χ4v) is 2.73. The molecule has 1 aliphatic rings. The number of hydrogen-bond acceptors (Lipinski definition) is 3. The van der Waals surface area contributed by atoms with Crippen molar-refractivity contribution in [2.45, 2.75) is 58.5 Å². The summed E-state index contributed by atoms with van der Waals surface area (Å²) in [5.74, 6) is 1.36. The number of ether oxygens (including phenoxy) is 1. The average molecular weight is 427 g/mol. The minimum Gasteiger partial charge on any atom is -0.396 e. The maximum atomic E-state index is 9.12. The summed E-state index contributed by atoms with van der Waals surface area (Å²) in [7, 11) is 0. The van der Waals surface area contributed by atoms with E-state index in [4.69, 9.17) is 9.84 Å². The first-order chi connectivity index (χ1) is 10.1. The van der Waals surface area contributed by atoms with Gasteiger partial charge < -0.3 is 20.5 Å². The predicted octanol–water partition coefficient (Wildman–Crippen LogP) is 2.53. The number of rotatable bonds is 9. The largest absolute Gasteiger partial charge is 0.396 e. The number of aliphatic imine (C=N–C) groups is 1. The van der Waals surface area contributed by atoms with Gasteiger partial charge in [-0.3, -0.25) is 4.99 Å². The SMILES string of the molecule is CCCC(CCO)CNC(=NCC1(C)CCCO1)NCC.I. The minimum absolute atomic E-state index is 0. The van der Waals surface area contributed by atoms with Gasteiger partial charge >= 0.3 is 0 Å². The molecular formula is C16H34IN3O2. The van der Waals surface area contributed by atoms with Crippen LogP contribution in [0.4, 0.5) is 0 Å². The molecule has 1 aliphatic heterocycles. The number of aliphatic hydroxyl groups excluding tert-OH is 1. The van der Waals surface area contributed by atoms with Gasteiger partial charge in [0, 0.05) is 26.3 Å². The lowest BCUT2D eigenvalue weighted by Crippen LogP contribution is -2.41. The number of hydrogen-bond donors (Lipinski definition) is 3. The molecule has 6 heteroatoms. The molecular weight excluding hydrogens is 393 g/mol. The Morgan fingerprint density at radius 1 is 1.32 bits per heavy atom. The Kier molecular flexibility index (Phi) is 12.3. The molecule has 0 saturated carbocycles. The van der Waals surface area contributed by atoms with E-state index in [2.05, 4.69) is 36.4 Å². The van der Waals surface area contributed by atoms with Crippen molar-refractivity contribution < 1.29 is 9.84 Å². The van der Waals surface area contributed by atoms with E-state index in [1.807, 2.05) is 0 Å². The van der Waals surface area contributed by atoms with Gasteiger partial charge in [0.1, 0.15) is 0 Å². The summed E-state index contributed by atoms with van der Waals surface area (Å²) in [6.07, 6.45) is 5.34. The van der Waals surface area contributed by atoms with Crippen molar-refractivity contribution in [3.63, 3.8) is 0 Å². The quantitative estimate of drug-likeness (QED) is 0.301. The van der Waals surface area contributed by atoms with Crippen molar-refractivity contribution >= 4 is 29.9 Å². The Balaban J connectivity index is 0.00000441. The Bertz CT molecular complexity index is 302. The van der Waals surface area contributed by atoms with E-state index in [0.29, 0.717) is 12.5 Å². The number of nitrogens with zero attached hydrogens (tertiary/aromatic N) is 1. The number of guanidine groups is 1. The van der Waals surface area contributed by atoms with Crippen LogP contribution in [0.3, 0.4) is 0 Å². The second-order valence-corrected chi connectivity index (χ2v) is 6.14. The Morgan fingerprint density at radius 2 is 2.09 bits per heavy atom. The van der Waals surface area contributed by atoms with Crippen LogP contribution < -0.4 is 10.6 Å². The van der Waals surface area contributed by atoms with Crippen molar-refractivity contribution in [1.29, 1.82) is 0 Å². The van der Waals surface area contributed by atoms with E-state index >= 15 is 0 Å². The second kappa shape index (κ2) is 12.4. The van der Waals surface area contributed by atoms with Crippen LogP contribution in [0.1, 0.15) is 52.9 Å². The Morgan fingerprint density at radius 3 is 2.64 bits per heavy atom. The third kappa shape index (κ3) is 8.53. The topological polar surface area (TPSA) is 65.9 Å². The van der Waals surface area contributed by atoms with Crippen LogP contribution >= 0.6 is 24.0 Å². The van der Waals surface area contributed by atoms with Crippen LogP contribution in [-0.2, 0) is 4.74 Å². The summed E-state index contributed by atoms with van der Waals surface area (Å²) in [6.45, 7) is 9.90. The summed E-state index contributed by atoms with van der Waals surface area (Å²) in [5, 5.41) is 15.8. The van der Waals surface area contributed by atoms with Crippen LogP contribution in [0.5, 0.6) is 0 Å². The number of aliphatic hydroxyl groups is 1. The Labute approximate surface area is 152 Å². The van der Waals surface area contributed by atoms with Gasteiger partial charge in [-0.15, -0.1) is 24.0 Å². The van der Waals surface area contributed by atoms with Crippen molar-refractivity contribution in [3.8, 4) is 0 Å². The molecule has 3 N–H and O–H groups in total. The van der Waals surface area contributed by atoms with Crippen molar-refractivity contribution in [2.75, 3.05) is 32.8 Å². The maximum Gasteiger partial charge on any atom is 0.191 e. The van der Waals surface area contributed by atoms with Crippen LogP contribution in [0.15, 0.2) is 4.99 Å². The summed E-state index contributed by atoms with van der Waals surface area (Å²) in [6, 6.07) is 0. The van der Waals surface area contributed by atoms with Gasteiger partial charge in [0.2, 0.25) is 0 Å². The van der Waals surface area contributed by atoms with E-state index < -0.39 is 0 Å². The zero-order chi connectivity index (χ0) is 15.6. The lowest BCUT2D eigenvalue weighted by molar-refractivity contribution is 0.0283. The molecule has 0 radical (unpaired) electrons. The summed E-state index contributed by atoms with van der Waals surface area (Å²) in [4.78, 5) is 4.67. The van der Waals surface area contributed by atoms with Crippen LogP contribution in [0, 0.1) is 5.92 Å². The molecule has 1 heterocycles. The van der Waals surface area contributed by atoms with E-state index in [1.165, 1.54) is 0 Å². The van der Waals surface area contributed by atoms with Gasteiger partial charge in [-0.05, 0) is 45.4 Å². The van der Waals surface area contributed by atoms with E-state index in [0.717, 1.165) is 57.8 Å². The maximum absolute atomic E-state index is 9.12. The summed E-state index contributed by atoms with van der Waals surface area (Å²) < 4.78 is 5.78. The molecule has 0 spiro atoms. The van der Waals surface area contributed by atoms with Crippen LogP contribution in [0.2, 0.25) is 0 Å². The smallest absolute Gasteiger partial charge is 0.191 e. The zero-order valence-corrected chi connectivity index (χ0v) is 16.7. The van der Waals surface area contributed by atoms with Gasteiger partial charge in [-0.1, -0.05) is 13.3 Å². The molecule has 2 atom stereocenters. The van der Waals surface area contributed by atoms with Crippen molar-refractivity contribution in [2.24, 2.45) is 10.9 Å². The molecule has 0 aromatic heterocycles. The number of nitrogens with one attached hydrogen (secondary N) is 2. The van der Waals surface area contributed by atoms with Crippen LogP contribution in [0.25, 0.3) is 0 Å². The minimum atomic E-state index is -0.101. The van der Waals surface area contributed by atoms with E-state index in [9.17, 15) is 0 Å². The predicted molar refractivity (Wildman–Crippen MR) is 103 cm³/mol. The first kappa shape index (κ1) is 21.9. The molecule has 1 fully saturated rings. The summed E-state index contributed by atoms with van der Waals surface area (Å²) in [5.41, 5.74) is -0.101. The number of halogens is 1. The van der Waals surface area contributed by atoms with Gasteiger partial charge in [0.05, 0.1) is 12.1 Å². The fourth-order valence-electron chi connectivity index (χ4n) is 2.73. The van der Waals surface area contributed by atoms with Gasteiger partial charge in [-0.25, -0.2) is 0 Å². The van der Waals surface area contributed by atoms with E-state index in [-0.39, 0.29) is 36.2 Å². The standard InChI is InChI=1S/C16H33N3O2.HI/c1-4-7-14(8-10-20)12-18-15(17-5-2)19-13-16(3)9-6-11-21-16;/h14,20H,4-13H2,1-3H3,(H2,17,18,19);1H. The molecule has 0 aromatic rings. The molecule has 1 rings (SSSR count). The average Bonchev–Trinajstić information content (AvgIpc) is 2.89.